The molecule has 0 saturated carbocycles. The summed E-state index contributed by atoms with van der Waals surface area (Å²) in [5, 5.41) is 3.20. The highest BCUT2D eigenvalue weighted by atomic mass is 35.5. The predicted octanol–water partition coefficient (Wildman–Crippen LogP) is 4.11. The smallest absolute Gasteiger partial charge is 0.254 e. The lowest BCUT2D eigenvalue weighted by Gasteiger charge is -2.14. The molecule has 0 aliphatic carbocycles. The number of hydrogen-bond acceptors (Lipinski definition) is 1. The van der Waals surface area contributed by atoms with Crippen LogP contribution in [0.5, 0.6) is 0 Å². The largest absolute Gasteiger partial charge is 0.345 e. The van der Waals surface area contributed by atoms with Crippen molar-refractivity contribution >= 4 is 17.5 Å². The third-order valence-corrected chi connectivity index (χ3v) is 3.17. The van der Waals surface area contributed by atoms with E-state index in [1.54, 1.807) is 31.2 Å². The molecular formula is C15H12ClF2NO. The second-order valence-electron chi connectivity index (χ2n) is 4.35. The van der Waals surface area contributed by atoms with Gasteiger partial charge < -0.3 is 5.32 Å². The number of halogens is 3. The molecular weight excluding hydrogens is 284 g/mol. The maximum atomic E-state index is 13.5. The van der Waals surface area contributed by atoms with Crippen molar-refractivity contribution in [1.29, 1.82) is 0 Å². The zero-order valence-corrected chi connectivity index (χ0v) is 11.4. The summed E-state index contributed by atoms with van der Waals surface area (Å²) in [4.78, 5) is 11.9. The summed E-state index contributed by atoms with van der Waals surface area (Å²) in [6, 6.07) is 10.1. The molecule has 5 heteroatoms. The van der Waals surface area contributed by atoms with Crippen LogP contribution in [0, 0.1) is 11.6 Å². The molecule has 104 valence electrons. The molecule has 0 radical (unpaired) electrons. The fourth-order valence-corrected chi connectivity index (χ4v) is 1.91. The van der Waals surface area contributed by atoms with Crippen molar-refractivity contribution in [1.82, 2.24) is 5.32 Å². The molecule has 1 amide bonds. The Morgan fingerprint density at radius 1 is 1.15 bits per heavy atom. The van der Waals surface area contributed by atoms with Crippen LogP contribution in [0.25, 0.3) is 0 Å². The molecule has 0 spiro atoms. The van der Waals surface area contributed by atoms with Crippen molar-refractivity contribution < 1.29 is 13.6 Å². The maximum absolute atomic E-state index is 13.5. The minimum absolute atomic E-state index is 0.314. The van der Waals surface area contributed by atoms with Gasteiger partial charge in [-0.1, -0.05) is 29.8 Å². The van der Waals surface area contributed by atoms with Gasteiger partial charge in [-0.15, -0.1) is 0 Å². The number of amides is 1. The molecule has 2 nitrogen and oxygen atoms in total. The lowest BCUT2D eigenvalue weighted by atomic mass is 10.1. The summed E-state index contributed by atoms with van der Waals surface area (Å²) in [5.74, 6) is -2.85. The van der Waals surface area contributed by atoms with Crippen molar-refractivity contribution in [2.24, 2.45) is 0 Å². The molecule has 1 unspecified atom stereocenters. The van der Waals surface area contributed by atoms with Crippen LogP contribution in [0.15, 0.2) is 42.5 Å². The molecule has 0 fully saturated rings. The van der Waals surface area contributed by atoms with Gasteiger partial charge in [-0.3, -0.25) is 4.79 Å². The standard InChI is InChI=1S/C15H12ClF2NO/c1-9(10-5-7-11(16)8-6-10)19-15(20)12-3-2-4-13(17)14(12)18/h2-9H,1H3,(H,19,20). The molecule has 1 atom stereocenters. The summed E-state index contributed by atoms with van der Waals surface area (Å²) in [6.45, 7) is 1.75. The molecule has 0 saturated heterocycles. The summed E-state index contributed by atoms with van der Waals surface area (Å²) in [6.07, 6.45) is 0. The molecule has 0 aliphatic heterocycles. The van der Waals surface area contributed by atoms with E-state index in [0.717, 1.165) is 11.6 Å². The lowest BCUT2D eigenvalue weighted by molar-refractivity contribution is 0.0934. The Morgan fingerprint density at radius 2 is 1.80 bits per heavy atom. The molecule has 0 aliphatic rings. The van der Waals surface area contributed by atoms with Gasteiger partial charge in [0.05, 0.1) is 11.6 Å². The van der Waals surface area contributed by atoms with Crippen molar-refractivity contribution in [3.05, 3.63) is 70.2 Å². The van der Waals surface area contributed by atoms with Gasteiger partial charge in [0.1, 0.15) is 0 Å². The van der Waals surface area contributed by atoms with Gasteiger partial charge in [0.25, 0.3) is 5.91 Å². The molecule has 1 N–H and O–H groups in total. The van der Waals surface area contributed by atoms with Crippen LogP contribution in [-0.4, -0.2) is 5.91 Å². The zero-order valence-electron chi connectivity index (χ0n) is 10.7. The zero-order chi connectivity index (χ0) is 14.7. The minimum atomic E-state index is -1.15. The average molecular weight is 296 g/mol. The third kappa shape index (κ3) is 3.14. The first-order valence-electron chi connectivity index (χ1n) is 5.99. The third-order valence-electron chi connectivity index (χ3n) is 2.91. The van der Waals surface area contributed by atoms with Crippen molar-refractivity contribution in [3.63, 3.8) is 0 Å². The Hall–Kier alpha value is -1.94. The fourth-order valence-electron chi connectivity index (χ4n) is 1.79. The summed E-state index contributed by atoms with van der Waals surface area (Å²) in [7, 11) is 0. The van der Waals surface area contributed by atoms with Gasteiger partial charge >= 0.3 is 0 Å². The Bertz CT molecular complexity index is 628. The second-order valence-corrected chi connectivity index (χ2v) is 4.78. The van der Waals surface area contributed by atoms with E-state index >= 15 is 0 Å². The van der Waals surface area contributed by atoms with Crippen LogP contribution in [-0.2, 0) is 0 Å². The predicted molar refractivity (Wildman–Crippen MR) is 73.7 cm³/mol. The number of rotatable bonds is 3. The second kappa shape index (κ2) is 6.01. The van der Waals surface area contributed by atoms with Crippen LogP contribution in [0.1, 0.15) is 28.9 Å². The Kier molecular flexibility index (Phi) is 4.35. The topological polar surface area (TPSA) is 29.1 Å². The van der Waals surface area contributed by atoms with Gasteiger partial charge in [0, 0.05) is 5.02 Å². The summed E-state index contributed by atoms with van der Waals surface area (Å²) in [5.41, 5.74) is 0.505. The van der Waals surface area contributed by atoms with E-state index in [1.165, 1.54) is 12.1 Å². The quantitative estimate of drug-likeness (QED) is 0.907. The summed E-state index contributed by atoms with van der Waals surface area (Å²) >= 11 is 5.78. The molecule has 0 heterocycles. The van der Waals surface area contributed by atoms with Crippen molar-refractivity contribution in [2.75, 3.05) is 0 Å². The molecule has 20 heavy (non-hydrogen) atoms. The van der Waals surface area contributed by atoms with Crippen LogP contribution in [0.2, 0.25) is 5.02 Å². The molecule has 2 aromatic carbocycles. The van der Waals surface area contributed by atoms with Gasteiger partial charge in [-0.2, -0.15) is 0 Å². The highest BCUT2D eigenvalue weighted by Gasteiger charge is 2.17. The Morgan fingerprint density at radius 3 is 2.45 bits per heavy atom. The van der Waals surface area contributed by atoms with E-state index < -0.39 is 17.5 Å². The fraction of sp³-hybridized carbons (Fsp3) is 0.133. The number of benzene rings is 2. The van der Waals surface area contributed by atoms with Crippen LogP contribution >= 0.6 is 11.6 Å². The molecule has 0 aromatic heterocycles. The summed E-state index contributed by atoms with van der Waals surface area (Å²) < 4.78 is 26.6. The van der Waals surface area contributed by atoms with E-state index in [1.807, 2.05) is 0 Å². The maximum Gasteiger partial charge on any atom is 0.254 e. The minimum Gasteiger partial charge on any atom is -0.345 e. The Labute approximate surface area is 120 Å². The Balaban J connectivity index is 2.15. The van der Waals surface area contributed by atoms with Crippen LogP contribution < -0.4 is 5.32 Å². The highest BCUT2D eigenvalue weighted by Crippen LogP contribution is 2.17. The van der Waals surface area contributed by atoms with Crippen molar-refractivity contribution in [2.45, 2.75) is 13.0 Å². The van der Waals surface area contributed by atoms with Gasteiger partial charge in [-0.05, 0) is 36.8 Å². The SMILES string of the molecule is CC(NC(=O)c1cccc(F)c1F)c1ccc(Cl)cc1. The normalized spacial score (nSPS) is 12.0. The number of carbonyl (C=O) groups excluding carboxylic acids is 1. The average Bonchev–Trinajstić information content (AvgIpc) is 2.42. The molecule has 2 rings (SSSR count). The monoisotopic (exact) mass is 295 g/mol. The molecule has 0 bridgehead atoms. The van der Waals surface area contributed by atoms with E-state index in [-0.39, 0.29) is 11.6 Å². The van der Waals surface area contributed by atoms with Crippen LogP contribution in [0.4, 0.5) is 8.78 Å². The van der Waals surface area contributed by atoms with Gasteiger partial charge in [-0.25, -0.2) is 8.78 Å². The first-order valence-corrected chi connectivity index (χ1v) is 6.37. The van der Waals surface area contributed by atoms with E-state index in [4.69, 9.17) is 11.6 Å². The van der Waals surface area contributed by atoms with Gasteiger partial charge in [0.15, 0.2) is 11.6 Å². The number of nitrogens with one attached hydrogen (secondary N) is 1. The molecule has 2 aromatic rings. The lowest BCUT2D eigenvalue weighted by Crippen LogP contribution is -2.27. The highest BCUT2D eigenvalue weighted by molar-refractivity contribution is 6.30. The van der Waals surface area contributed by atoms with E-state index in [2.05, 4.69) is 5.32 Å². The number of carbonyl (C=O) groups is 1. The first-order chi connectivity index (χ1) is 9.49. The van der Waals surface area contributed by atoms with Crippen molar-refractivity contribution in [3.8, 4) is 0 Å². The van der Waals surface area contributed by atoms with Gasteiger partial charge in [0.2, 0.25) is 0 Å². The van der Waals surface area contributed by atoms with Crippen LogP contribution in [0.3, 0.4) is 0 Å². The first kappa shape index (κ1) is 14.5. The number of hydrogen-bond donors (Lipinski definition) is 1. The van der Waals surface area contributed by atoms with E-state index in [0.29, 0.717) is 5.02 Å². The van der Waals surface area contributed by atoms with E-state index in [9.17, 15) is 13.6 Å².